The van der Waals surface area contributed by atoms with Crippen molar-refractivity contribution in [1.29, 1.82) is 0 Å². The van der Waals surface area contributed by atoms with Crippen LogP contribution in [0.2, 0.25) is 0 Å². The minimum absolute atomic E-state index is 0.508. The molecule has 0 aliphatic carbocycles. The molecule has 4 nitrogen and oxygen atoms in total. The average molecular weight is 284 g/mol. The molecular formula is C17H16O4. The molecule has 2 rings (SSSR count). The molecule has 0 atom stereocenters. The number of benzene rings is 2. The molecule has 0 aliphatic heterocycles. The highest BCUT2D eigenvalue weighted by Gasteiger charge is 2.18. The number of rotatable bonds is 4. The third kappa shape index (κ3) is 4.18. The van der Waals surface area contributed by atoms with Crippen LogP contribution < -0.4 is 0 Å². The molecule has 0 bridgehead atoms. The molecular weight excluding hydrogens is 268 g/mol. The summed E-state index contributed by atoms with van der Waals surface area (Å²) in [6.07, 6.45) is -1.02. The summed E-state index contributed by atoms with van der Waals surface area (Å²) < 4.78 is 10.1. The van der Waals surface area contributed by atoms with E-state index in [2.05, 4.69) is 0 Å². The fourth-order valence-corrected chi connectivity index (χ4v) is 1.96. The zero-order valence-corrected chi connectivity index (χ0v) is 11.9. The van der Waals surface area contributed by atoms with Gasteiger partial charge in [-0.15, -0.1) is 0 Å². The number of esters is 2. The second-order valence-corrected chi connectivity index (χ2v) is 4.54. The highest BCUT2D eigenvalue weighted by Crippen LogP contribution is 2.25. The third-order valence-electron chi connectivity index (χ3n) is 2.81. The van der Waals surface area contributed by atoms with Crippen LogP contribution in [-0.4, -0.2) is 11.9 Å². The summed E-state index contributed by atoms with van der Waals surface area (Å²) in [6, 6.07) is 17.1. The van der Waals surface area contributed by atoms with Crippen molar-refractivity contribution in [3.8, 4) is 11.1 Å². The highest BCUT2D eigenvalue weighted by atomic mass is 16.7. The lowest BCUT2D eigenvalue weighted by Crippen LogP contribution is -2.14. The van der Waals surface area contributed by atoms with Crippen LogP contribution in [-0.2, 0) is 19.1 Å². The van der Waals surface area contributed by atoms with E-state index in [9.17, 15) is 9.59 Å². The largest absolute Gasteiger partial charge is 0.421 e. The summed E-state index contributed by atoms with van der Waals surface area (Å²) in [6.45, 7) is 2.55. The van der Waals surface area contributed by atoms with Gasteiger partial charge < -0.3 is 9.47 Å². The van der Waals surface area contributed by atoms with Gasteiger partial charge in [-0.1, -0.05) is 48.5 Å². The summed E-state index contributed by atoms with van der Waals surface area (Å²) in [5.41, 5.74) is 2.60. The van der Waals surface area contributed by atoms with Crippen molar-refractivity contribution in [3.63, 3.8) is 0 Å². The Balaban J connectivity index is 2.33. The molecule has 0 saturated heterocycles. The molecule has 108 valence electrons. The minimum Gasteiger partial charge on any atom is -0.421 e. The molecule has 0 saturated carbocycles. The fraction of sp³-hybridized carbons (Fsp3) is 0.176. The lowest BCUT2D eigenvalue weighted by Gasteiger charge is -2.17. The highest BCUT2D eigenvalue weighted by molar-refractivity contribution is 5.69. The third-order valence-corrected chi connectivity index (χ3v) is 2.81. The maximum Gasteiger partial charge on any atom is 0.305 e. The van der Waals surface area contributed by atoms with Crippen LogP contribution in [0.25, 0.3) is 11.1 Å². The summed E-state index contributed by atoms with van der Waals surface area (Å²) in [5.74, 6) is -1.02. The van der Waals surface area contributed by atoms with Crippen LogP contribution in [0, 0.1) is 0 Å². The van der Waals surface area contributed by atoms with E-state index in [1.54, 1.807) is 6.07 Å². The summed E-state index contributed by atoms with van der Waals surface area (Å²) in [5, 5.41) is 0. The van der Waals surface area contributed by atoms with Gasteiger partial charge in [-0.3, -0.25) is 9.59 Å². The molecule has 0 unspecified atom stereocenters. The van der Waals surface area contributed by atoms with Crippen LogP contribution in [0.5, 0.6) is 0 Å². The van der Waals surface area contributed by atoms with E-state index in [0.29, 0.717) is 5.56 Å². The number of hydrogen-bond donors (Lipinski definition) is 0. The van der Waals surface area contributed by atoms with E-state index in [1.165, 1.54) is 13.8 Å². The molecule has 0 aliphatic rings. The zero-order valence-electron chi connectivity index (χ0n) is 11.9. The summed E-state index contributed by atoms with van der Waals surface area (Å²) in [7, 11) is 0. The van der Waals surface area contributed by atoms with Gasteiger partial charge in [0.05, 0.1) is 0 Å². The van der Waals surface area contributed by atoms with Crippen LogP contribution in [0.4, 0.5) is 0 Å². The maximum absolute atomic E-state index is 11.2. The normalized spacial score (nSPS) is 10.2. The van der Waals surface area contributed by atoms with Gasteiger partial charge in [-0.2, -0.15) is 0 Å². The van der Waals surface area contributed by atoms with Gasteiger partial charge in [0.1, 0.15) is 0 Å². The minimum atomic E-state index is -1.02. The Morgan fingerprint density at radius 2 is 1.38 bits per heavy atom. The van der Waals surface area contributed by atoms with Crippen molar-refractivity contribution < 1.29 is 19.1 Å². The Labute approximate surface area is 123 Å². The monoisotopic (exact) mass is 284 g/mol. The first kappa shape index (κ1) is 14.8. The van der Waals surface area contributed by atoms with Gasteiger partial charge in [0, 0.05) is 19.4 Å². The average Bonchev–Trinajstić information content (AvgIpc) is 2.47. The first-order chi connectivity index (χ1) is 10.1. The topological polar surface area (TPSA) is 52.6 Å². The number of carbonyl (C=O) groups is 2. The molecule has 0 spiro atoms. The number of ether oxygens (including phenoxy) is 2. The molecule has 2 aromatic rings. The van der Waals surface area contributed by atoms with E-state index in [-0.39, 0.29) is 0 Å². The van der Waals surface area contributed by atoms with Crippen molar-refractivity contribution in [2.24, 2.45) is 0 Å². The smallest absolute Gasteiger partial charge is 0.305 e. The summed E-state index contributed by atoms with van der Waals surface area (Å²) >= 11 is 0. The number of hydrogen-bond acceptors (Lipinski definition) is 4. The van der Waals surface area contributed by atoms with E-state index in [1.807, 2.05) is 48.5 Å². The molecule has 4 heteroatoms. The lowest BCUT2D eigenvalue weighted by atomic mass is 10.0. The Morgan fingerprint density at radius 3 is 1.95 bits per heavy atom. The van der Waals surface area contributed by atoms with Crippen molar-refractivity contribution in [1.82, 2.24) is 0 Å². The van der Waals surface area contributed by atoms with Crippen molar-refractivity contribution >= 4 is 11.9 Å². The van der Waals surface area contributed by atoms with Gasteiger partial charge in [-0.05, 0) is 17.2 Å². The SMILES string of the molecule is CC(=O)OC(OC(C)=O)c1cccc(-c2ccccc2)c1. The fourth-order valence-electron chi connectivity index (χ4n) is 1.96. The standard InChI is InChI=1S/C17H16O4/c1-12(18)20-17(21-13(2)19)16-10-6-9-15(11-16)14-7-4-3-5-8-14/h3-11,17H,1-2H3. The van der Waals surface area contributed by atoms with E-state index in [0.717, 1.165) is 11.1 Å². The Kier molecular flexibility index (Phi) is 4.72. The molecule has 2 aromatic carbocycles. The van der Waals surface area contributed by atoms with Crippen molar-refractivity contribution in [2.75, 3.05) is 0 Å². The lowest BCUT2D eigenvalue weighted by molar-refractivity contribution is -0.186. The molecule has 0 heterocycles. The zero-order chi connectivity index (χ0) is 15.2. The van der Waals surface area contributed by atoms with Gasteiger partial charge in [0.25, 0.3) is 6.29 Å². The van der Waals surface area contributed by atoms with Gasteiger partial charge in [0.2, 0.25) is 0 Å². The Hall–Kier alpha value is -2.62. The van der Waals surface area contributed by atoms with E-state index in [4.69, 9.17) is 9.47 Å². The van der Waals surface area contributed by atoms with Crippen molar-refractivity contribution in [3.05, 3.63) is 60.2 Å². The first-order valence-electron chi connectivity index (χ1n) is 6.56. The molecule has 0 amide bonds. The maximum atomic E-state index is 11.2. The molecule has 0 N–H and O–H groups in total. The second kappa shape index (κ2) is 6.70. The van der Waals surface area contributed by atoms with Crippen LogP contribution in [0.1, 0.15) is 25.7 Å². The molecule has 0 radical (unpaired) electrons. The quantitative estimate of drug-likeness (QED) is 0.637. The van der Waals surface area contributed by atoms with Gasteiger partial charge >= 0.3 is 11.9 Å². The predicted molar refractivity (Wildman–Crippen MR) is 78.2 cm³/mol. The van der Waals surface area contributed by atoms with Crippen LogP contribution in [0.3, 0.4) is 0 Å². The van der Waals surface area contributed by atoms with Gasteiger partial charge in [0.15, 0.2) is 0 Å². The van der Waals surface area contributed by atoms with E-state index < -0.39 is 18.2 Å². The predicted octanol–water partition coefficient (Wildman–Crippen LogP) is 3.48. The molecule has 0 fully saturated rings. The van der Waals surface area contributed by atoms with E-state index >= 15 is 0 Å². The Morgan fingerprint density at radius 1 is 0.810 bits per heavy atom. The molecule has 21 heavy (non-hydrogen) atoms. The van der Waals surface area contributed by atoms with Crippen LogP contribution in [0.15, 0.2) is 54.6 Å². The van der Waals surface area contributed by atoms with Crippen molar-refractivity contribution in [2.45, 2.75) is 20.1 Å². The van der Waals surface area contributed by atoms with Gasteiger partial charge in [-0.25, -0.2) is 0 Å². The first-order valence-corrected chi connectivity index (χ1v) is 6.56. The summed E-state index contributed by atoms with van der Waals surface area (Å²) in [4.78, 5) is 22.3. The Bertz CT molecular complexity index is 618. The second-order valence-electron chi connectivity index (χ2n) is 4.54. The number of carbonyl (C=O) groups excluding carboxylic acids is 2. The molecule has 0 aromatic heterocycles. The van der Waals surface area contributed by atoms with Crippen LogP contribution >= 0.6 is 0 Å².